The van der Waals surface area contributed by atoms with Gasteiger partial charge in [0, 0.05) is 51.2 Å². The first-order valence-electron chi connectivity index (χ1n) is 6.00. The second kappa shape index (κ2) is 6.78. The Morgan fingerprint density at radius 1 is 1.50 bits per heavy atom. The molecule has 1 aliphatic rings. The molecule has 97 valence electrons. The summed E-state index contributed by atoms with van der Waals surface area (Å²) in [6, 6.07) is 1.61. The maximum atomic E-state index is 11.7. The van der Waals surface area contributed by atoms with E-state index in [9.17, 15) is 4.79 Å². The van der Waals surface area contributed by atoms with E-state index in [1.54, 1.807) is 12.3 Å². The molecule has 18 heavy (non-hydrogen) atoms. The van der Waals surface area contributed by atoms with E-state index in [0.717, 1.165) is 12.8 Å². The minimum Gasteiger partial charge on any atom is -0.389 e. The molecule has 2 rings (SSSR count). The molecule has 1 unspecified atom stereocenters. The summed E-state index contributed by atoms with van der Waals surface area (Å²) < 4.78 is 7.33. The van der Waals surface area contributed by atoms with Gasteiger partial charge in [-0.1, -0.05) is 20.3 Å². The summed E-state index contributed by atoms with van der Waals surface area (Å²) >= 11 is 0. The van der Waals surface area contributed by atoms with Gasteiger partial charge in [-0.05, 0) is 12.5 Å². The molecular weight excluding hydrogens is 307 g/mol. The van der Waals surface area contributed by atoms with E-state index in [0.29, 0.717) is 5.92 Å². The fraction of sp³-hybridized carbons (Fsp3) is 0.583. The third kappa shape index (κ3) is 3.19. The molecule has 3 atom stereocenters. The van der Waals surface area contributed by atoms with Crippen LogP contribution in [-0.2, 0) is 37.4 Å². The Morgan fingerprint density at radius 3 is 2.72 bits per heavy atom. The average molecular weight is 325 g/mol. The smallest absolute Gasteiger partial charge is 0.349 e. The van der Waals surface area contributed by atoms with Crippen molar-refractivity contribution in [1.82, 2.24) is 9.55 Å². The van der Waals surface area contributed by atoms with Crippen LogP contribution in [-0.4, -0.2) is 15.7 Å². The van der Waals surface area contributed by atoms with Crippen molar-refractivity contribution in [2.75, 3.05) is 5.73 Å². The number of aromatic nitrogens is 2. The molecule has 2 heterocycles. The first-order chi connectivity index (χ1) is 8.15. The van der Waals surface area contributed by atoms with Crippen molar-refractivity contribution in [3.63, 3.8) is 0 Å². The molecular formula is C12H18N3O2Y-. The number of nitrogens with two attached hydrogens (primary N) is 1. The van der Waals surface area contributed by atoms with Crippen molar-refractivity contribution in [3.8, 4) is 0 Å². The maximum Gasteiger partial charge on any atom is 0.349 e. The van der Waals surface area contributed by atoms with E-state index in [1.807, 2.05) is 0 Å². The molecule has 6 heteroatoms. The van der Waals surface area contributed by atoms with Crippen LogP contribution in [0.2, 0.25) is 0 Å². The van der Waals surface area contributed by atoms with Gasteiger partial charge < -0.3 is 15.0 Å². The van der Waals surface area contributed by atoms with Gasteiger partial charge in [0.25, 0.3) is 0 Å². The predicted molar refractivity (Wildman–Crippen MR) is 65.2 cm³/mol. The Labute approximate surface area is 132 Å². The molecule has 1 aliphatic heterocycles. The zero-order valence-electron chi connectivity index (χ0n) is 10.7. The Bertz CT molecular complexity index is 437. The van der Waals surface area contributed by atoms with E-state index >= 15 is 0 Å². The van der Waals surface area contributed by atoms with Crippen LogP contribution in [0.5, 0.6) is 0 Å². The molecule has 0 amide bonds. The number of anilines is 1. The van der Waals surface area contributed by atoms with Crippen molar-refractivity contribution in [3.05, 3.63) is 29.2 Å². The van der Waals surface area contributed by atoms with Gasteiger partial charge in [0.15, 0.2) is 0 Å². The maximum absolute atomic E-state index is 11.7. The van der Waals surface area contributed by atoms with Gasteiger partial charge in [0.2, 0.25) is 0 Å². The molecule has 5 nitrogen and oxygen atoms in total. The number of nitrogens with zero attached hydrogens (tertiary/aromatic N) is 2. The molecule has 1 aromatic heterocycles. The fourth-order valence-electron chi connectivity index (χ4n) is 2.24. The van der Waals surface area contributed by atoms with Gasteiger partial charge in [-0.2, -0.15) is 4.98 Å². The Kier molecular flexibility index (Phi) is 5.95. The van der Waals surface area contributed by atoms with Crippen LogP contribution < -0.4 is 11.4 Å². The van der Waals surface area contributed by atoms with Crippen LogP contribution in [0.3, 0.4) is 0 Å². The quantitative estimate of drug-likeness (QED) is 0.852. The second-order valence-electron chi connectivity index (χ2n) is 4.28. The van der Waals surface area contributed by atoms with Crippen LogP contribution in [0.25, 0.3) is 0 Å². The second-order valence-corrected chi connectivity index (χ2v) is 4.28. The fourth-order valence-corrected chi connectivity index (χ4v) is 2.24. The third-order valence-electron chi connectivity index (χ3n) is 3.20. The SMILES string of the molecule is CCC1[CH-][C@H](n2ccc(N)nc2=O)O[C@@H]1CC.[Y]. The predicted octanol–water partition coefficient (Wildman–Crippen LogP) is 1.36. The number of rotatable bonds is 3. The number of hydrogen-bond donors (Lipinski definition) is 1. The van der Waals surface area contributed by atoms with Gasteiger partial charge in [-0.15, -0.1) is 5.92 Å². The van der Waals surface area contributed by atoms with Gasteiger partial charge in [0.05, 0.1) is 0 Å². The molecule has 0 bridgehead atoms. The van der Waals surface area contributed by atoms with Gasteiger partial charge in [-0.3, -0.25) is 6.42 Å². The van der Waals surface area contributed by atoms with Crippen molar-refractivity contribution in [2.24, 2.45) is 5.92 Å². The number of hydrogen-bond acceptors (Lipinski definition) is 4. The van der Waals surface area contributed by atoms with Gasteiger partial charge >= 0.3 is 5.69 Å². The van der Waals surface area contributed by atoms with Crippen LogP contribution in [0, 0.1) is 12.3 Å². The summed E-state index contributed by atoms with van der Waals surface area (Å²) in [6.45, 7) is 4.22. The van der Waals surface area contributed by atoms with E-state index < -0.39 is 0 Å². The molecule has 1 aromatic rings. The molecule has 0 saturated carbocycles. The number of ether oxygens (including phenoxy) is 1. The van der Waals surface area contributed by atoms with Gasteiger partial charge in [-0.25, -0.2) is 4.79 Å². The summed E-state index contributed by atoms with van der Waals surface area (Å²) in [7, 11) is 0. The molecule has 0 spiro atoms. The summed E-state index contributed by atoms with van der Waals surface area (Å²) in [5.74, 6) is 0.637. The van der Waals surface area contributed by atoms with E-state index in [4.69, 9.17) is 10.5 Å². The standard InChI is InChI=1S/C12H18N3O2.Y/c1-3-8-7-11(17-9(8)4-2)15-6-5-10(13)14-12(15)16;/h5-9,11H,3-4H2,1-2H3,(H2,13,14,16);/q-1;/t8?,9-,11-;/m1./s1. The van der Waals surface area contributed by atoms with E-state index in [2.05, 4.69) is 25.3 Å². The van der Waals surface area contributed by atoms with Crippen molar-refractivity contribution in [1.29, 1.82) is 0 Å². The summed E-state index contributed by atoms with van der Waals surface area (Å²) in [5.41, 5.74) is 5.09. The average Bonchev–Trinajstić information content (AvgIpc) is 2.72. The minimum absolute atomic E-state index is 0. The van der Waals surface area contributed by atoms with Crippen LogP contribution in [0.4, 0.5) is 5.82 Å². The van der Waals surface area contributed by atoms with Crippen molar-refractivity contribution in [2.45, 2.75) is 39.0 Å². The molecule has 1 saturated heterocycles. The zero-order chi connectivity index (χ0) is 12.4. The molecule has 0 aliphatic carbocycles. The topological polar surface area (TPSA) is 70.1 Å². The monoisotopic (exact) mass is 325 g/mol. The molecule has 1 radical (unpaired) electrons. The Morgan fingerprint density at radius 2 is 2.22 bits per heavy atom. The first kappa shape index (κ1) is 15.8. The summed E-state index contributed by atoms with van der Waals surface area (Å²) in [4.78, 5) is 15.4. The van der Waals surface area contributed by atoms with E-state index in [1.165, 1.54) is 4.57 Å². The minimum atomic E-state index is -0.363. The molecule has 2 N–H and O–H groups in total. The van der Waals surface area contributed by atoms with Crippen LogP contribution >= 0.6 is 0 Å². The Balaban J connectivity index is 0.00000162. The number of nitrogen functional groups attached to an aromatic ring is 1. The molecule has 1 fully saturated rings. The normalized spacial score (nSPS) is 26.9. The van der Waals surface area contributed by atoms with Crippen molar-refractivity contribution >= 4 is 5.82 Å². The van der Waals surface area contributed by atoms with Gasteiger partial charge in [0.1, 0.15) is 5.82 Å². The Hall–Kier alpha value is -0.256. The summed E-state index contributed by atoms with van der Waals surface area (Å²) in [6.07, 6.45) is 5.55. The van der Waals surface area contributed by atoms with Crippen molar-refractivity contribution < 1.29 is 37.4 Å². The van der Waals surface area contributed by atoms with Crippen LogP contribution in [0.1, 0.15) is 32.9 Å². The third-order valence-corrected chi connectivity index (χ3v) is 3.20. The molecule has 0 aromatic carbocycles. The zero-order valence-corrected chi connectivity index (χ0v) is 13.6. The summed E-state index contributed by atoms with van der Waals surface area (Å²) in [5, 5.41) is 0. The van der Waals surface area contributed by atoms with E-state index in [-0.39, 0.29) is 56.5 Å². The largest absolute Gasteiger partial charge is 0.389 e. The van der Waals surface area contributed by atoms with Crippen LogP contribution in [0.15, 0.2) is 17.1 Å². The first-order valence-corrected chi connectivity index (χ1v) is 6.00.